The molecule has 1 aromatic heterocycles. The van der Waals surface area contributed by atoms with Crippen LogP contribution in [0.5, 0.6) is 0 Å². The van der Waals surface area contributed by atoms with E-state index in [0.717, 1.165) is 10.9 Å². The quantitative estimate of drug-likeness (QED) is 0.768. The Kier molecular flexibility index (Phi) is 3.20. The molecular formula is C16H9F2N3. The third-order valence-corrected chi connectivity index (χ3v) is 3.07. The molecule has 0 radical (unpaired) electrons. The minimum Gasteiger partial charge on any atom is -0.352 e. The molecule has 1 heterocycles. The van der Waals surface area contributed by atoms with Crippen LogP contribution in [0.15, 0.2) is 48.7 Å². The van der Waals surface area contributed by atoms with Crippen LogP contribution in [-0.4, -0.2) is 4.98 Å². The summed E-state index contributed by atoms with van der Waals surface area (Å²) in [4.78, 5) is 4.23. The highest BCUT2D eigenvalue weighted by Gasteiger charge is 2.13. The second kappa shape index (κ2) is 5.17. The fourth-order valence-electron chi connectivity index (χ4n) is 2.03. The first-order chi connectivity index (χ1) is 10.2. The van der Waals surface area contributed by atoms with E-state index in [9.17, 15) is 8.78 Å². The highest BCUT2D eigenvalue weighted by molar-refractivity contribution is 5.82. The zero-order chi connectivity index (χ0) is 14.8. The van der Waals surface area contributed by atoms with Gasteiger partial charge in [0, 0.05) is 5.39 Å². The molecule has 0 aliphatic carbocycles. The molecule has 0 fully saturated rings. The van der Waals surface area contributed by atoms with Gasteiger partial charge in [0.15, 0.2) is 11.6 Å². The Morgan fingerprint density at radius 2 is 1.86 bits per heavy atom. The first kappa shape index (κ1) is 13.0. The van der Waals surface area contributed by atoms with E-state index < -0.39 is 11.6 Å². The highest BCUT2D eigenvalue weighted by atomic mass is 19.2. The molecule has 0 spiro atoms. The van der Waals surface area contributed by atoms with Crippen molar-refractivity contribution >= 4 is 22.3 Å². The van der Waals surface area contributed by atoms with Crippen LogP contribution in [0.1, 0.15) is 5.56 Å². The van der Waals surface area contributed by atoms with Gasteiger partial charge in [0.2, 0.25) is 0 Å². The Balaban J connectivity index is 1.99. The van der Waals surface area contributed by atoms with E-state index in [1.165, 1.54) is 18.3 Å². The van der Waals surface area contributed by atoms with Gasteiger partial charge in [-0.15, -0.1) is 0 Å². The predicted molar refractivity (Wildman–Crippen MR) is 76.1 cm³/mol. The third kappa shape index (κ3) is 2.39. The Bertz CT molecular complexity index is 869. The van der Waals surface area contributed by atoms with Gasteiger partial charge in [0.1, 0.15) is 6.07 Å². The van der Waals surface area contributed by atoms with Gasteiger partial charge in [-0.25, -0.2) is 8.78 Å². The van der Waals surface area contributed by atoms with Crippen molar-refractivity contribution in [3.63, 3.8) is 0 Å². The normalized spacial score (nSPS) is 10.3. The summed E-state index contributed by atoms with van der Waals surface area (Å²) in [5.41, 5.74) is 0.990. The van der Waals surface area contributed by atoms with Crippen molar-refractivity contribution in [1.29, 1.82) is 5.26 Å². The van der Waals surface area contributed by atoms with Crippen LogP contribution in [0.25, 0.3) is 10.9 Å². The molecule has 2 aromatic carbocycles. The van der Waals surface area contributed by atoms with Gasteiger partial charge >= 0.3 is 0 Å². The topological polar surface area (TPSA) is 48.7 Å². The van der Waals surface area contributed by atoms with Crippen LogP contribution >= 0.6 is 0 Å². The van der Waals surface area contributed by atoms with E-state index in [4.69, 9.17) is 5.26 Å². The number of rotatable bonds is 2. The second-order valence-corrected chi connectivity index (χ2v) is 4.44. The molecule has 3 rings (SSSR count). The number of nitriles is 1. The van der Waals surface area contributed by atoms with E-state index in [0.29, 0.717) is 5.69 Å². The van der Waals surface area contributed by atoms with Crippen LogP contribution in [-0.2, 0) is 0 Å². The molecule has 3 nitrogen and oxygen atoms in total. The minimum absolute atomic E-state index is 0.0384. The molecule has 0 saturated carbocycles. The molecule has 3 aromatic rings. The van der Waals surface area contributed by atoms with Crippen molar-refractivity contribution in [3.8, 4) is 6.07 Å². The first-order valence-corrected chi connectivity index (χ1v) is 6.19. The molecule has 21 heavy (non-hydrogen) atoms. The fraction of sp³-hybridized carbons (Fsp3) is 0. The Hall–Kier alpha value is -3.00. The molecule has 0 bridgehead atoms. The number of nitrogens with one attached hydrogen (secondary N) is 1. The molecule has 102 valence electrons. The molecule has 0 atom stereocenters. The van der Waals surface area contributed by atoms with Crippen molar-refractivity contribution in [2.24, 2.45) is 0 Å². The maximum atomic E-state index is 13.8. The maximum Gasteiger partial charge on any atom is 0.183 e. The lowest BCUT2D eigenvalue weighted by Gasteiger charge is -2.09. The van der Waals surface area contributed by atoms with Crippen LogP contribution in [0.2, 0.25) is 0 Å². The summed E-state index contributed by atoms with van der Waals surface area (Å²) in [6.45, 7) is 0. The third-order valence-electron chi connectivity index (χ3n) is 3.07. The summed E-state index contributed by atoms with van der Waals surface area (Å²) in [6.07, 6.45) is 1.54. The van der Waals surface area contributed by atoms with Gasteiger partial charge in [-0.3, -0.25) is 4.98 Å². The molecule has 0 unspecified atom stereocenters. The zero-order valence-electron chi connectivity index (χ0n) is 10.8. The van der Waals surface area contributed by atoms with Crippen LogP contribution in [0, 0.1) is 23.0 Å². The summed E-state index contributed by atoms with van der Waals surface area (Å²) in [5.74, 6) is -2.24. The molecule has 0 aliphatic rings. The van der Waals surface area contributed by atoms with Gasteiger partial charge in [-0.2, -0.15) is 5.26 Å². The maximum absolute atomic E-state index is 13.8. The van der Waals surface area contributed by atoms with E-state index in [2.05, 4.69) is 10.3 Å². The smallest absolute Gasteiger partial charge is 0.183 e. The standard InChI is InChI=1S/C16H9F2N3/c17-15-11(8-19)5-6-14(16(15)18)21-12-7-10-3-1-2-4-13(10)20-9-12/h1-7,9,21H. The number of pyridine rings is 1. The predicted octanol–water partition coefficient (Wildman–Crippen LogP) is 4.13. The lowest BCUT2D eigenvalue weighted by Crippen LogP contribution is -1.99. The van der Waals surface area contributed by atoms with E-state index >= 15 is 0 Å². The van der Waals surface area contributed by atoms with Gasteiger partial charge in [-0.05, 0) is 24.3 Å². The number of aromatic nitrogens is 1. The van der Waals surface area contributed by atoms with Crippen molar-refractivity contribution in [2.45, 2.75) is 0 Å². The molecule has 1 N–H and O–H groups in total. The number of anilines is 2. The summed E-state index contributed by atoms with van der Waals surface area (Å²) < 4.78 is 27.4. The summed E-state index contributed by atoms with van der Waals surface area (Å²) >= 11 is 0. The number of para-hydroxylation sites is 1. The summed E-state index contributed by atoms with van der Waals surface area (Å²) in [6, 6.07) is 13.4. The fourth-order valence-corrected chi connectivity index (χ4v) is 2.03. The van der Waals surface area contributed by atoms with Crippen molar-refractivity contribution in [2.75, 3.05) is 5.32 Å². The van der Waals surface area contributed by atoms with Crippen LogP contribution < -0.4 is 5.32 Å². The Labute approximate surface area is 119 Å². The minimum atomic E-state index is -1.16. The number of nitrogens with zero attached hydrogens (tertiary/aromatic N) is 2. The highest BCUT2D eigenvalue weighted by Crippen LogP contribution is 2.25. The van der Waals surface area contributed by atoms with Gasteiger partial charge in [-0.1, -0.05) is 18.2 Å². The average molecular weight is 281 g/mol. The second-order valence-electron chi connectivity index (χ2n) is 4.44. The van der Waals surface area contributed by atoms with E-state index in [1.807, 2.05) is 24.3 Å². The van der Waals surface area contributed by atoms with Gasteiger partial charge < -0.3 is 5.32 Å². The number of halogens is 2. The van der Waals surface area contributed by atoms with Crippen molar-refractivity contribution in [1.82, 2.24) is 4.98 Å². The van der Waals surface area contributed by atoms with Crippen molar-refractivity contribution in [3.05, 3.63) is 65.9 Å². The SMILES string of the molecule is N#Cc1ccc(Nc2cnc3ccccc3c2)c(F)c1F. The van der Waals surface area contributed by atoms with Crippen LogP contribution in [0.3, 0.4) is 0 Å². The zero-order valence-corrected chi connectivity index (χ0v) is 10.8. The largest absolute Gasteiger partial charge is 0.352 e. The monoisotopic (exact) mass is 281 g/mol. The molecular weight excluding hydrogens is 272 g/mol. The molecule has 0 amide bonds. The number of hydrogen-bond acceptors (Lipinski definition) is 3. The van der Waals surface area contributed by atoms with Gasteiger partial charge in [0.05, 0.1) is 28.7 Å². The summed E-state index contributed by atoms with van der Waals surface area (Å²) in [7, 11) is 0. The Morgan fingerprint density at radius 1 is 1.05 bits per heavy atom. The first-order valence-electron chi connectivity index (χ1n) is 6.19. The van der Waals surface area contributed by atoms with E-state index in [-0.39, 0.29) is 11.3 Å². The lowest BCUT2D eigenvalue weighted by atomic mass is 10.2. The Morgan fingerprint density at radius 3 is 2.67 bits per heavy atom. The van der Waals surface area contributed by atoms with Crippen LogP contribution in [0.4, 0.5) is 20.2 Å². The average Bonchev–Trinajstić information content (AvgIpc) is 2.52. The molecule has 5 heteroatoms. The number of benzene rings is 2. The van der Waals surface area contributed by atoms with Gasteiger partial charge in [0.25, 0.3) is 0 Å². The van der Waals surface area contributed by atoms with Crippen molar-refractivity contribution < 1.29 is 8.78 Å². The lowest BCUT2D eigenvalue weighted by molar-refractivity contribution is 0.509. The summed E-state index contributed by atoms with van der Waals surface area (Å²) in [5, 5.41) is 12.3. The number of fused-ring (bicyclic) bond motifs is 1. The number of hydrogen-bond donors (Lipinski definition) is 1. The molecule has 0 aliphatic heterocycles. The van der Waals surface area contributed by atoms with E-state index in [1.54, 1.807) is 12.1 Å². The molecule has 0 saturated heterocycles.